The molecule has 0 aromatic heterocycles. The second kappa shape index (κ2) is 8.57. The smallest absolute Gasteiger partial charge is 0.326 e. The molecule has 0 aliphatic carbocycles. The van der Waals surface area contributed by atoms with Crippen molar-refractivity contribution in [3.05, 3.63) is 35.9 Å². The summed E-state index contributed by atoms with van der Waals surface area (Å²) in [6.07, 6.45) is 0.788. The van der Waals surface area contributed by atoms with Gasteiger partial charge in [-0.3, -0.25) is 4.79 Å². The molecule has 0 radical (unpaired) electrons. The largest absolute Gasteiger partial charge is 0.480 e. The molecule has 21 heavy (non-hydrogen) atoms. The summed E-state index contributed by atoms with van der Waals surface area (Å²) in [5, 5.41) is 14.0. The molecule has 0 aliphatic heterocycles. The average molecular weight is 293 g/mol. The Morgan fingerprint density at radius 3 is 2.43 bits per heavy atom. The first-order valence-corrected chi connectivity index (χ1v) is 6.58. The normalized spacial score (nSPS) is 11.4. The van der Waals surface area contributed by atoms with E-state index in [1.54, 1.807) is 24.3 Å². The molecule has 0 aliphatic rings. The fraction of sp³-hybridized carbons (Fsp3) is 0.357. The molecule has 1 rings (SSSR count). The Morgan fingerprint density at radius 1 is 1.19 bits per heavy atom. The molecule has 5 N–H and O–H groups in total. The lowest BCUT2D eigenvalue weighted by molar-refractivity contribution is -0.139. The number of aliphatic carboxylic acids is 1. The third-order valence-electron chi connectivity index (χ3n) is 2.77. The molecule has 1 aromatic carbocycles. The second-order valence-corrected chi connectivity index (χ2v) is 4.55. The number of amides is 3. The Hall–Kier alpha value is -2.57. The van der Waals surface area contributed by atoms with Gasteiger partial charge in [-0.15, -0.1) is 0 Å². The van der Waals surface area contributed by atoms with E-state index in [1.165, 1.54) is 0 Å². The fourth-order valence-corrected chi connectivity index (χ4v) is 1.72. The summed E-state index contributed by atoms with van der Waals surface area (Å²) < 4.78 is 0. The number of hydrogen-bond donors (Lipinski definition) is 4. The Labute approximate surface area is 122 Å². The lowest BCUT2D eigenvalue weighted by Gasteiger charge is -2.15. The zero-order chi connectivity index (χ0) is 15.7. The van der Waals surface area contributed by atoms with Gasteiger partial charge in [-0.05, 0) is 12.0 Å². The molecule has 0 saturated heterocycles. The summed E-state index contributed by atoms with van der Waals surface area (Å²) in [5.41, 5.74) is 5.79. The maximum absolute atomic E-state index is 11.6. The number of nitrogens with one attached hydrogen (secondary N) is 2. The minimum Gasteiger partial charge on any atom is -0.480 e. The van der Waals surface area contributed by atoms with E-state index in [-0.39, 0.29) is 19.4 Å². The number of carboxylic acids is 1. The van der Waals surface area contributed by atoms with Crippen LogP contribution in [0.4, 0.5) is 4.79 Å². The van der Waals surface area contributed by atoms with Crippen LogP contribution in [-0.2, 0) is 16.0 Å². The highest BCUT2D eigenvalue weighted by Crippen LogP contribution is 2.03. The molecule has 0 unspecified atom stereocenters. The molecule has 1 atom stereocenters. The zero-order valence-corrected chi connectivity index (χ0v) is 11.5. The van der Waals surface area contributed by atoms with Gasteiger partial charge in [-0.1, -0.05) is 30.3 Å². The van der Waals surface area contributed by atoms with E-state index < -0.39 is 23.9 Å². The van der Waals surface area contributed by atoms with E-state index >= 15 is 0 Å². The van der Waals surface area contributed by atoms with Gasteiger partial charge in [-0.25, -0.2) is 9.59 Å². The van der Waals surface area contributed by atoms with Gasteiger partial charge in [0.1, 0.15) is 6.04 Å². The van der Waals surface area contributed by atoms with Crippen LogP contribution in [-0.4, -0.2) is 35.6 Å². The Bertz CT molecular complexity index is 490. The molecule has 3 amide bonds. The SMILES string of the molecule is NC(=O)CCCNC(=O)N[C@H](Cc1ccccc1)C(=O)O. The number of carboxylic acid groups (broad SMARTS) is 1. The summed E-state index contributed by atoms with van der Waals surface area (Å²) in [4.78, 5) is 33.3. The van der Waals surface area contributed by atoms with Crippen LogP contribution < -0.4 is 16.4 Å². The summed E-state index contributed by atoms with van der Waals surface area (Å²) in [5.74, 6) is -1.55. The average Bonchev–Trinajstić information content (AvgIpc) is 2.44. The highest BCUT2D eigenvalue weighted by molar-refractivity contribution is 5.82. The molecule has 0 spiro atoms. The number of hydrogen-bond acceptors (Lipinski definition) is 3. The monoisotopic (exact) mass is 293 g/mol. The van der Waals surface area contributed by atoms with E-state index in [9.17, 15) is 14.4 Å². The van der Waals surface area contributed by atoms with Crippen molar-refractivity contribution in [3.8, 4) is 0 Å². The minimum atomic E-state index is -1.11. The third kappa shape index (κ3) is 6.95. The Balaban J connectivity index is 2.41. The van der Waals surface area contributed by atoms with E-state index in [1.807, 2.05) is 6.07 Å². The van der Waals surface area contributed by atoms with Gasteiger partial charge >= 0.3 is 12.0 Å². The highest BCUT2D eigenvalue weighted by Gasteiger charge is 2.20. The molecule has 0 bridgehead atoms. The molecular weight excluding hydrogens is 274 g/mol. The molecule has 0 saturated carbocycles. The molecule has 0 fully saturated rings. The van der Waals surface area contributed by atoms with E-state index in [0.29, 0.717) is 6.42 Å². The maximum Gasteiger partial charge on any atom is 0.326 e. The van der Waals surface area contributed by atoms with E-state index in [4.69, 9.17) is 10.8 Å². The van der Waals surface area contributed by atoms with Gasteiger partial charge in [0, 0.05) is 19.4 Å². The second-order valence-electron chi connectivity index (χ2n) is 4.55. The van der Waals surface area contributed by atoms with Crippen LogP contribution in [0.1, 0.15) is 18.4 Å². The van der Waals surface area contributed by atoms with Gasteiger partial charge in [0.05, 0.1) is 0 Å². The third-order valence-corrected chi connectivity index (χ3v) is 2.77. The number of benzene rings is 1. The van der Waals surface area contributed by atoms with Crippen LogP contribution in [0.15, 0.2) is 30.3 Å². The van der Waals surface area contributed by atoms with Gasteiger partial charge in [-0.2, -0.15) is 0 Å². The van der Waals surface area contributed by atoms with Gasteiger partial charge in [0.15, 0.2) is 0 Å². The number of primary amides is 1. The van der Waals surface area contributed by atoms with Crippen LogP contribution in [0.5, 0.6) is 0 Å². The van der Waals surface area contributed by atoms with Gasteiger partial charge in [0.25, 0.3) is 0 Å². The summed E-state index contributed by atoms with van der Waals surface area (Å²) >= 11 is 0. The Kier molecular flexibility index (Phi) is 6.73. The van der Waals surface area contributed by atoms with Crippen LogP contribution in [0.3, 0.4) is 0 Å². The molecular formula is C14H19N3O4. The standard InChI is InChI=1S/C14H19N3O4/c15-12(18)7-4-8-16-14(21)17-11(13(19)20)9-10-5-2-1-3-6-10/h1-3,5-6,11H,4,7-9H2,(H2,15,18)(H,19,20)(H2,16,17,21)/t11-/m1/s1. The van der Waals surface area contributed by atoms with Crippen LogP contribution in [0.2, 0.25) is 0 Å². The minimum absolute atomic E-state index is 0.173. The molecule has 7 heteroatoms. The molecule has 114 valence electrons. The first kappa shape index (κ1) is 16.5. The van der Waals surface area contributed by atoms with Crippen molar-refractivity contribution in [2.75, 3.05) is 6.54 Å². The van der Waals surface area contributed by atoms with E-state index in [2.05, 4.69) is 10.6 Å². The molecule has 7 nitrogen and oxygen atoms in total. The summed E-state index contributed by atoms with van der Waals surface area (Å²) in [7, 11) is 0. The first-order valence-electron chi connectivity index (χ1n) is 6.58. The predicted molar refractivity (Wildman–Crippen MR) is 76.5 cm³/mol. The number of urea groups is 1. The number of carbonyl (C=O) groups excluding carboxylic acids is 2. The van der Waals surface area contributed by atoms with Crippen molar-refractivity contribution in [1.82, 2.24) is 10.6 Å². The fourth-order valence-electron chi connectivity index (χ4n) is 1.72. The van der Waals surface area contributed by atoms with Crippen molar-refractivity contribution in [2.24, 2.45) is 5.73 Å². The van der Waals surface area contributed by atoms with Crippen molar-refractivity contribution in [1.29, 1.82) is 0 Å². The number of carbonyl (C=O) groups is 3. The van der Waals surface area contributed by atoms with Crippen molar-refractivity contribution in [3.63, 3.8) is 0 Å². The van der Waals surface area contributed by atoms with Crippen molar-refractivity contribution >= 4 is 17.9 Å². The van der Waals surface area contributed by atoms with Crippen LogP contribution >= 0.6 is 0 Å². The van der Waals surface area contributed by atoms with Gasteiger partial charge in [0.2, 0.25) is 5.91 Å². The topological polar surface area (TPSA) is 122 Å². The molecule has 1 aromatic rings. The zero-order valence-electron chi connectivity index (χ0n) is 11.5. The van der Waals surface area contributed by atoms with Crippen LogP contribution in [0.25, 0.3) is 0 Å². The first-order chi connectivity index (χ1) is 9.99. The van der Waals surface area contributed by atoms with E-state index in [0.717, 1.165) is 5.56 Å². The lowest BCUT2D eigenvalue weighted by Crippen LogP contribution is -2.47. The highest BCUT2D eigenvalue weighted by atomic mass is 16.4. The number of nitrogens with two attached hydrogens (primary N) is 1. The summed E-state index contributed by atoms with van der Waals surface area (Å²) in [6, 6.07) is 7.44. The molecule has 0 heterocycles. The van der Waals surface area contributed by atoms with Crippen molar-refractivity contribution < 1.29 is 19.5 Å². The maximum atomic E-state index is 11.6. The van der Waals surface area contributed by atoms with Crippen molar-refractivity contribution in [2.45, 2.75) is 25.3 Å². The predicted octanol–water partition coefficient (Wildman–Crippen LogP) is 0.247. The quantitative estimate of drug-likeness (QED) is 0.513. The summed E-state index contributed by atoms with van der Waals surface area (Å²) in [6.45, 7) is 0.256. The lowest BCUT2D eigenvalue weighted by atomic mass is 10.1. The number of rotatable bonds is 8. The Morgan fingerprint density at radius 2 is 1.86 bits per heavy atom. The van der Waals surface area contributed by atoms with Crippen LogP contribution in [0, 0.1) is 0 Å². The van der Waals surface area contributed by atoms with Gasteiger partial charge < -0.3 is 21.5 Å².